The highest BCUT2D eigenvalue weighted by Gasteiger charge is 2.50. The number of hydrogen-bond donors (Lipinski definition) is 1. The van der Waals surface area contributed by atoms with Gasteiger partial charge < -0.3 is 14.9 Å². The third kappa shape index (κ3) is 6.01. The summed E-state index contributed by atoms with van der Waals surface area (Å²) in [6.07, 6.45) is 5.24. The van der Waals surface area contributed by atoms with Crippen molar-refractivity contribution in [3.63, 3.8) is 0 Å². The van der Waals surface area contributed by atoms with Crippen molar-refractivity contribution in [2.75, 3.05) is 39.3 Å². The first kappa shape index (κ1) is 24.1. The van der Waals surface area contributed by atoms with Crippen LogP contribution in [0, 0.1) is 10.8 Å². The van der Waals surface area contributed by atoms with Crippen molar-refractivity contribution in [1.29, 1.82) is 0 Å². The van der Waals surface area contributed by atoms with E-state index in [1.165, 1.54) is 24.8 Å². The van der Waals surface area contributed by atoms with Crippen LogP contribution in [0.2, 0.25) is 0 Å². The van der Waals surface area contributed by atoms with Crippen LogP contribution >= 0.6 is 0 Å². The largest absolute Gasteiger partial charge is 0.465 e. The fourth-order valence-electron chi connectivity index (χ4n) is 6.31. The van der Waals surface area contributed by atoms with Gasteiger partial charge in [-0.25, -0.2) is 4.79 Å². The molecule has 1 aliphatic carbocycles. The smallest absolute Gasteiger partial charge is 0.407 e. The van der Waals surface area contributed by atoms with Crippen LogP contribution in [-0.2, 0) is 6.54 Å². The third-order valence-corrected chi connectivity index (χ3v) is 7.40. The van der Waals surface area contributed by atoms with Gasteiger partial charge in [-0.15, -0.1) is 0 Å². The summed E-state index contributed by atoms with van der Waals surface area (Å²) < 4.78 is 0. The van der Waals surface area contributed by atoms with E-state index in [9.17, 15) is 9.90 Å². The molecule has 1 aromatic rings. The molecule has 1 saturated carbocycles. The molecule has 1 atom stereocenters. The predicted octanol–water partition coefficient (Wildman–Crippen LogP) is 5.17. The molecule has 1 amide bonds. The van der Waals surface area contributed by atoms with Gasteiger partial charge in [0.25, 0.3) is 0 Å². The van der Waals surface area contributed by atoms with Crippen LogP contribution in [0.25, 0.3) is 0 Å². The van der Waals surface area contributed by atoms with Crippen molar-refractivity contribution in [2.45, 2.75) is 72.4 Å². The number of benzene rings is 1. The second-order valence-corrected chi connectivity index (χ2v) is 10.8. The van der Waals surface area contributed by atoms with E-state index in [1.807, 2.05) is 6.92 Å². The van der Waals surface area contributed by atoms with E-state index in [0.29, 0.717) is 6.54 Å². The van der Waals surface area contributed by atoms with Gasteiger partial charge in [0.1, 0.15) is 0 Å². The van der Waals surface area contributed by atoms with E-state index in [2.05, 4.69) is 60.9 Å². The zero-order valence-electron chi connectivity index (χ0n) is 20.1. The number of nitrogens with zero attached hydrogens (tertiary/aromatic N) is 3. The maximum Gasteiger partial charge on any atom is 0.407 e. The lowest BCUT2D eigenvalue weighted by atomic mass is 9.61. The second-order valence-electron chi connectivity index (χ2n) is 10.8. The first-order valence-corrected chi connectivity index (χ1v) is 12.2. The Balaban J connectivity index is 1.72. The Labute approximate surface area is 189 Å². The molecule has 0 spiro atoms. The minimum atomic E-state index is -0.764. The van der Waals surface area contributed by atoms with E-state index in [4.69, 9.17) is 0 Å². The van der Waals surface area contributed by atoms with Crippen molar-refractivity contribution < 1.29 is 9.90 Å². The van der Waals surface area contributed by atoms with Crippen molar-refractivity contribution in [2.24, 2.45) is 10.8 Å². The molecular formula is C26H43N3O2. The predicted molar refractivity (Wildman–Crippen MR) is 127 cm³/mol. The van der Waals surface area contributed by atoms with Crippen LogP contribution in [0.5, 0.6) is 0 Å². The SMILES string of the molecule is CCN(C(=O)O)C(C(C)(C)C)C1(CN2CCN(Cc3ccccc3)CC2)CCCCC1. The van der Waals surface area contributed by atoms with Crippen molar-refractivity contribution in [3.8, 4) is 0 Å². The lowest BCUT2D eigenvalue weighted by molar-refractivity contribution is -0.0475. The Morgan fingerprint density at radius 3 is 2.13 bits per heavy atom. The second kappa shape index (κ2) is 10.4. The summed E-state index contributed by atoms with van der Waals surface area (Å²) in [6, 6.07) is 10.8. The zero-order chi connectivity index (χ0) is 22.5. The molecule has 5 heteroatoms. The highest BCUT2D eigenvalue weighted by Crippen LogP contribution is 2.48. The number of carbonyl (C=O) groups is 1. The Morgan fingerprint density at radius 1 is 1.03 bits per heavy atom. The van der Waals surface area contributed by atoms with Gasteiger partial charge in [0.15, 0.2) is 0 Å². The maximum atomic E-state index is 12.2. The molecule has 5 nitrogen and oxygen atoms in total. The molecule has 0 radical (unpaired) electrons. The summed E-state index contributed by atoms with van der Waals surface area (Å²) in [7, 11) is 0. The van der Waals surface area contributed by atoms with Gasteiger partial charge >= 0.3 is 6.09 Å². The molecule has 0 aromatic heterocycles. The average Bonchev–Trinajstić information content (AvgIpc) is 2.73. The Hall–Kier alpha value is -1.59. The Bertz CT molecular complexity index is 686. The number of hydrogen-bond acceptors (Lipinski definition) is 3. The minimum Gasteiger partial charge on any atom is -0.465 e. The van der Waals surface area contributed by atoms with Gasteiger partial charge in [-0.05, 0) is 30.7 Å². The van der Waals surface area contributed by atoms with Gasteiger partial charge in [0.05, 0.1) is 0 Å². The van der Waals surface area contributed by atoms with E-state index in [1.54, 1.807) is 4.90 Å². The molecule has 1 unspecified atom stereocenters. The third-order valence-electron chi connectivity index (χ3n) is 7.40. The summed E-state index contributed by atoms with van der Waals surface area (Å²) in [6.45, 7) is 15.6. The molecule has 174 valence electrons. The fraction of sp³-hybridized carbons (Fsp3) is 0.731. The van der Waals surface area contributed by atoms with Crippen molar-refractivity contribution in [3.05, 3.63) is 35.9 Å². The molecule has 1 aromatic carbocycles. The normalized spacial score (nSPS) is 21.5. The molecule has 1 saturated heterocycles. The Kier molecular flexibility index (Phi) is 8.03. The topological polar surface area (TPSA) is 47.0 Å². The fourth-order valence-corrected chi connectivity index (χ4v) is 6.31. The number of piperazine rings is 1. The van der Waals surface area contributed by atoms with Crippen LogP contribution in [0.15, 0.2) is 30.3 Å². The van der Waals surface area contributed by atoms with Gasteiger partial charge in [0, 0.05) is 57.3 Å². The van der Waals surface area contributed by atoms with Gasteiger partial charge in [-0.3, -0.25) is 4.90 Å². The highest BCUT2D eigenvalue weighted by atomic mass is 16.4. The van der Waals surface area contributed by atoms with E-state index >= 15 is 0 Å². The standard InChI is InChI=1S/C26H43N3O2/c1-5-29(24(30)31)23(25(2,3)4)26(14-10-7-11-15-26)21-28-18-16-27(17-19-28)20-22-12-8-6-9-13-22/h6,8-9,12-13,23H,5,7,10-11,14-21H2,1-4H3,(H,30,31). The molecule has 1 heterocycles. The molecule has 1 N–H and O–H groups in total. The van der Waals surface area contributed by atoms with Crippen molar-refractivity contribution >= 4 is 6.09 Å². The summed E-state index contributed by atoms with van der Waals surface area (Å²) in [5.41, 5.74) is 1.35. The molecule has 2 fully saturated rings. The van der Waals surface area contributed by atoms with Gasteiger partial charge in [-0.1, -0.05) is 70.4 Å². The maximum absolute atomic E-state index is 12.2. The van der Waals surface area contributed by atoms with Crippen LogP contribution in [0.1, 0.15) is 65.4 Å². The summed E-state index contributed by atoms with van der Waals surface area (Å²) in [5.74, 6) is 0. The number of carboxylic acid groups (broad SMARTS) is 1. The lowest BCUT2D eigenvalue weighted by Crippen LogP contribution is -2.61. The molecule has 0 bridgehead atoms. The van der Waals surface area contributed by atoms with E-state index in [-0.39, 0.29) is 16.9 Å². The number of rotatable bonds is 7. The molecule has 2 aliphatic rings. The summed E-state index contributed by atoms with van der Waals surface area (Å²) >= 11 is 0. The van der Waals surface area contributed by atoms with Gasteiger partial charge in [0.2, 0.25) is 0 Å². The van der Waals surface area contributed by atoms with Crippen molar-refractivity contribution in [1.82, 2.24) is 14.7 Å². The van der Waals surface area contributed by atoms with E-state index in [0.717, 1.165) is 52.1 Å². The van der Waals surface area contributed by atoms with Crippen LogP contribution in [0.3, 0.4) is 0 Å². The highest BCUT2D eigenvalue weighted by molar-refractivity contribution is 5.65. The van der Waals surface area contributed by atoms with Crippen LogP contribution in [-0.4, -0.2) is 71.2 Å². The monoisotopic (exact) mass is 429 g/mol. The zero-order valence-corrected chi connectivity index (χ0v) is 20.1. The Morgan fingerprint density at radius 2 is 1.61 bits per heavy atom. The summed E-state index contributed by atoms with van der Waals surface area (Å²) in [4.78, 5) is 19.1. The van der Waals surface area contributed by atoms with Crippen LogP contribution < -0.4 is 0 Å². The average molecular weight is 430 g/mol. The van der Waals surface area contributed by atoms with Crippen LogP contribution in [0.4, 0.5) is 4.79 Å². The first-order valence-electron chi connectivity index (χ1n) is 12.2. The summed E-state index contributed by atoms with van der Waals surface area (Å²) in [5, 5.41) is 10.0. The minimum absolute atomic E-state index is 0.0464. The quantitative estimate of drug-likeness (QED) is 0.650. The molecule has 1 aliphatic heterocycles. The lowest BCUT2D eigenvalue weighted by Gasteiger charge is -2.55. The van der Waals surface area contributed by atoms with E-state index < -0.39 is 6.09 Å². The molecule has 31 heavy (non-hydrogen) atoms. The molecular weight excluding hydrogens is 386 g/mol. The first-order chi connectivity index (χ1) is 14.7. The number of amides is 1. The molecule has 3 rings (SSSR count). The van der Waals surface area contributed by atoms with Gasteiger partial charge in [-0.2, -0.15) is 0 Å².